The number of likely N-dealkylation sites (tertiary alicyclic amines) is 1. The van der Waals surface area contributed by atoms with Gasteiger partial charge in [0.25, 0.3) is 0 Å². The molecule has 2 rings (SSSR count). The molecule has 120 valence electrons. The van der Waals surface area contributed by atoms with Crippen molar-refractivity contribution < 1.29 is 14.3 Å². The maximum absolute atomic E-state index is 12.3. The summed E-state index contributed by atoms with van der Waals surface area (Å²) in [5.74, 6) is 0.291. The molecule has 2 heterocycles. The Bertz CT molecular complexity index is 356. The number of ether oxygens (including phenoxy) is 1. The lowest BCUT2D eigenvalue weighted by molar-refractivity contribution is -0.139. The predicted octanol–water partition coefficient (Wildman–Crippen LogP) is 0.226. The zero-order valence-corrected chi connectivity index (χ0v) is 13.0. The molecule has 0 aromatic heterocycles. The van der Waals surface area contributed by atoms with Gasteiger partial charge < -0.3 is 19.9 Å². The first kappa shape index (κ1) is 16.2. The average Bonchev–Trinajstić information content (AvgIpc) is 2.53. The van der Waals surface area contributed by atoms with E-state index < -0.39 is 0 Å². The molecular weight excluding hydrogens is 270 g/mol. The molecule has 0 bridgehead atoms. The molecule has 0 radical (unpaired) electrons. The van der Waals surface area contributed by atoms with Crippen LogP contribution in [0.15, 0.2) is 0 Å². The van der Waals surface area contributed by atoms with E-state index in [1.54, 1.807) is 0 Å². The van der Waals surface area contributed by atoms with Gasteiger partial charge >= 0.3 is 0 Å². The van der Waals surface area contributed by atoms with Crippen molar-refractivity contribution in [2.45, 2.75) is 38.6 Å². The van der Waals surface area contributed by atoms with Gasteiger partial charge in [0.15, 0.2) is 0 Å². The summed E-state index contributed by atoms with van der Waals surface area (Å²) in [5, 5.41) is 3.30. The molecule has 6 nitrogen and oxygen atoms in total. The Hall–Kier alpha value is -1.14. The highest BCUT2D eigenvalue weighted by molar-refractivity contribution is 5.83. The van der Waals surface area contributed by atoms with Gasteiger partial charge in [-0.25, -0.2) is 0 Å². The highest BCUT2D eigenvalue weighted by Crippen LogP contribution is 2.13. The normalized spacial score (nSPS) is 23.5. The molecule has 0 aliphatic carbocycles. The van der Waals surface area contributed by atoms with E-state index in [0.29, 0.717) is 39.3 Å². The molecule has 2 saturated heterocycles. The van der Waals surface area contributed by atoms with Gasteiger partial charge in [-0.15, -0.1) is 0 Å². The Morgan fingerprint density at radius 3 is 2.81 bits per heavy atom. The summed E-state index contributed by atoms with van der Waals surface area (Å²) in [6.07, 6.45) is 3.37. The number of morpholine rings is 1. The minimum absolute atomic E-state index is 0.0582. The largest absolute Gasteiger partial charge is 0.378 e. The number of amides is 2. The Morgan fingerprint density at radius 2 is 2.10 bits per heavy atom. The topological polar surface area (TPSA) is 61.9 Å². The van der Waals surface area contributed by atoms with E-state index in [1.165, 1.54) is 0 Å². The molecule has 1 atom stereocenters. The molecule has 2 amide bonds. The number of nitrogens with zero attached hydrogens (tertiary/aromatic N) is 2. The molecule has 0 saturated carbocycles. The van der Waals surface area contributed by atoms with E-state index in [-0.39, 0.29) is 17.9 Å². The minimum Gasteiger partial charge on any atom is -0.378 e. The van der Waals surface area contributed by atoms with Gasteiger partial charge in [0.1, 0.15) is 0 Å². The fraction of sp³-hybridized carbons (Fsp3) is 0.867. The predicted molar refractivity (Wildman–Crippen MR) is 79.9 cm³/mol. The number of hydrogen-bond acceptors (Lipinski definition) is 4. The number of hydrogen-bond donors (Lipinski definition) is 1. The fourth-order valence-electron chi connectivity index (χ4n) is 2.87. The second kappa shape index (κ2) is 8.34. The first-order chi connectivity index (χ1) is 10.2. The summed E-state index contributed by atoms with van der Waals surface area (Å²) in [6.45, 7) is 6.88. The lowest BCUT2D eigenvalue weighted by atomic mass is 10.0. The van der Waals surface area contributed by atoms with Crippen molar-refractivity contribution in [1.29, 1.82) is 0 Å². The van der Waals surface area contributed by atoms with Crippen LogP contribution in [0.25, 0.3) is 0 Å². The van der Waals surface area contributed by atoms with Crippen molar-refractivity contribution in [3.8, 4) is 0 Å². The maximum atomic E-state index is 12.3. The average molecular weight is 297 g/mol. The Morgan fingerprint density at radius 1 is 1.33 bits per heavy atom. The van der Waals surface area contributed by atoms with Gasteiger partial charge in [-0.05, 0) is 25.8 Å². The number of carbonyl (C=O) groups is 2. The number of rotatable bonds is 6. The van der Waals surface area contributed by atoms with Crippen molar-refractivity contribution in [1.82, 2.24) is 15.1 Å². The van der Waals surface area contributed by atoms with Gasteiger partial charge in [-0.1, -0.05) is 6.92 Å². The van der Waals surface area contributed by atoms with Gasteiger partial charge in [0, 0.05) is 32.6 Å². The number of piperidine rings is 1. The van der Waals surface area contributed by atoms with E-state index in [4.69, 9.17) is 4.74 Å². The number of carbonyl (C=O) groups excluding carboxylic acids is 2. The van der Waals surface area contributed by atoms with E-state index in [2.05, 4.69) is 12.2 Å². The van der Waals surface area contributed by atoms with Crippen molar-refractivity contribution >= 4 is 11.8 Å². The molecule has 21 heavy (non-hydrogen) atoms. The zero-order valence-electron chi connectivity index (χ0n) is 13.0. The van der Waals surface area contributed by atoms with Gasteiger partial charge in [-0.3, -0.25) is 9.59 Å². The maximum Gasteiger partial charge on any atom is 0.239 e. The second-order valence-electron chi connectivity index (χ2n) is 5.72. The fourth-order valence-corrected chi connectivity index (χ4v) is 2.87. The highest BCUT2D eigenvalue weighted by atomic mass is 16.5. The summed E-state index contributed by atoms with van der Waals surface area (Å²) in [6, 6.07) is -0.0582. The molecule has 0 aromatic carbocycles. The molecule has 2 aliphatic rings. The molecule has 1 unspecified atom stereocenters. The van der Waals surface area contributed by atoms with Crippen LogP contribution in [-0.4, -0.2) is 73.6 Å². The lowest BCUT2D eigenvalue weighted by Gasteiger charge is -2.33. The Balaban J connectivity index is 1.76. The van der Waals surface area contributed by atoms with Crippen molar-refractivity contribution in [2.24, 2.45) is 0 Å². The van der Waals surface area contributed by atoms with Crippen LogP contribution in [0.3, 0.4) is 0 Å². The molecule has 2 fully saturated rings. The monoisotopic (exact) mass is 297 g/mol. The van der Waals surface area contributed by atoms with Crippen LogP contribution in [0.5, 0.6) is 0 Å². The lowest BCUT2D eigenvalue weighted by Crippen LogP contribution is -2.51. The van der Waals surface area contributed by atoms with Crippen molar-refractivity contribution in [3.63, 3.8) is 0 Å². The van der Waals surface area contributed by atoms with Crippen LogP contribution >= 0.6 is 0 Å². The first-order valence-corrected chi connectivity index (χ1v) is 8.10. The summed E-state index contributed by atoms with van der Waals surface area (Å²) >= 11 is 0. The van der Waals surface area contributed by atoms with Crippen LogP contribution < -0.4 is 5.32 Å². The number of nitrogens with one attached hydrogen (secondary N) is 1. The van der Waals surface area contributed by atoms with Crippen LogP contribution in [0, 0.1) is 0 Å². The highest BCUT2D eigenvalue weighted by Gasteiger charge is 2.28. The van der Waals surface area contributed by atoms with Crippen LogP contribution in [0.2, 0.25) is 0 Å². The summed E-state index contributed by atoms with van der Waals surface area (Å²) in [4.78, 5) is 28.1. The van der Waals surface area contributed by atoms with E-state index >= 15 is 0 Å². The summed E-state index contributed by atoms with van der Waals surface area (Å²) < 4.78 is 5.25. The third-order valence-electron chi connectivity index (χ3n) is 4.13. The second-order valence-corrected chi connectivity index (χ2v) is 5.72. The molecule has 0 aromatic rings. The van der Waals surface area contributed by atoms with Crippen molar-refractivity contribution in [2.75, 3.05) is 45.9 Å². The molecule has 6 heteroatoms. The standard InChI is InChI=1S/C15H27N3O3/c1-2-6-16-13-4-3-7-18(15(13)20)8-5-14(19)17-9-11-21-12-10-17/h13,16H,2-12H2,1H3. The Kier molecular flexibility index (Phi) is 6.45. The molecular formula is C15H27N3O3. The third kappa shape index (κ3) is 4.68. The Labute approximate surface area is 126 Å². The summed E-state index contributed by atoms with van der Waals surface area (Å²) in [7, 11) is 0. The SMILES string of the molecule is CCCNC1CCCN(CCC(=O)N2CCOCC2)C1=O. The molecule has 0 spiro atoms. The minimum atomic E-state index is -0.0582. The van der Waals surface area contributed by atoms with E-state index in [0.717, 1.165) is 32.4 Å². The molecule has 2 aliphatic heterocycles. The van der Waals surface area contributed by atoms with Crippen molar-refractivity contribution in [3.05, 3.63) is 0 Å². The van der Waals surface area contributed by atoms with Gasteiger partial charge in [-0.2, -0.15) is 0 Å². The first-order valence-electron chi connectivity index (χ1n) is 8.10. The smallest absolute Gasteiger partial charge is 0.239 e. The van der Waals surface area contributed by atoms with Crippen LogP contribution in [0.1, 0.15) is 32.6 Å². The van der Waals surface area contributed by atoms with Gasteiger partial charge in [0.05, 0.1) is 19.3 Å². The quantitative estimate of drug-likeness (QED) is 0.762. The van der Waals surface area contributed by atoms with Crippen LogP contribution in [-0.2, 0) is 14.3 Å². The van der Waals surface area contributed by atoms with E-state index in [9.17, 15) is 9.59 Å². The third-order valence-corrected chi connectivity index (χ3v) is 4.13. The summed E-state index contributed by atoms with van der Waals surface area (Å²) in [5.41, 5.74) is 0. The van der Waals surface area contributed by atoms with Crippen LogP contribution in [0.4, 0.5) is 0 Å². The molecule has 1 N–H and O–H groups in total. The van der Waals surface area contributed by atoms with E-state index in [1.807, 2.05) is 9.80 Å². The zero-order chi connectivity index (χ0) is 15.1. The van der Waals surface area contributed by atoms with Gasteiger partial charge in [0.2, 0.25) is 11.8 Å².